The standard InChI is InChI=1S/C32H30F6N6O3/c33-17-11-31(6-1-7-43(31)12-17)15-47-30-40-27-21(28(41-30)42-13-18-3-4-19(14-42)39-18)10-24(32(36,37)38)44(29(27)46)23-9-20(45)8-16-2-5-22(34)26(35)25(16)23/h2,5,8-10,17-19,39,45H,1,3-4,6-7,11-15H2/t17-,18-,19+,31+/m1/s1/i7D2. The Morgan fingerprint density at radius 1 is 1.11 bits per heavy atom. The molecule has 2 N–H and O–H groups in total. The van der Waals surface area contributed by atoms with E-state index in [9.17, 15) is 31.9 Å². The van der Waals surface area contributed by atoms with Gasteiger partial charge in [0.15, 0.2) is 11.6 Å². The molecular weight excluding hydrogens is 630 g/mol. The van der Waals surface area contributed by atoms with Crippen LogP contribution in [0.2, 0.25) is 0 Å². The molecule has 0 spiro atoms. The topological polar surface area (TPSA) is 95.8 Å². The van der Waals surface area contributed by atoms with Crippen molar-refractivity contribution in [2.45, 2.75) is 62.1 Å². The van der Waals surface area contributed by atoms with Crippen LogP contribution in [-0.4, -0.2) is 81.1 Å². The maximum absolute atomic E-state index is 15.3. The van der Waals surface area contributed by atoms with Crippen molar-refractivity contribution in [3.63, 3.8) is 0 Å². The van der Waals surface area contributed by atoms with Crippen molar-refractivity contribution >= 4 is 27.5 Å². The highest BCUT2D eigenvalue weighted by Gasteiger charge is 2.49. The van der Waals surface area contributed by atoms with Gasteiger partial charge in [-0.15, -0.1) is 0 Å². The number of piperazine rings is 1. The molecule has 248 valence electrons. The van der Waals surface area contributed by atoms with Crippen molar-refractivity contribution in [2.24, 2.45) is 0 Å². The monoisotopic (exact) mass is 662 g/mol. The van der Waals surface area contributed by atoms with E-state index in [0.29, 0.717) is 19.2 Å². The number of nitrogens with one attached hydrogen (secondary N) is 1. The molecule has 4 saturated heterocycles. The predicted molar refractivity (Wildman–Crippen MR) is 160 cm³/mol. The highest BCUT2D eigenvalue weighted by Crippen LogP contribution is 2.42. The molecule has 9 nitrogen and oxygen atoms in total. The van der Waals surface area contributed by atoms with Crippen molar-refractivity contribution in [1.29, 1.82) is 0 Å². The maximum Gasteiger partial charge on any atom is 0.431 e. The van der Waals surface area contributed by atoms with Gasteiger partial charge in [-0.05, 0) is 55.8 Å². The Kier molecular flexibility index (Phi) is 6.37. The third-order valence-corrected chi connectivity index (χ3v) is 9.77. The summed E-state index contributed by atoms with van der Waals surface area (Å²) in [5.41, 5.74) is -5.18. The first kappa shape index (κ1) is 28.0. The first-order chi connectivity index (χ1) is 23.1. The van der Waals surface area contributed by atoms with E-state index < -0.39 is 69.6 Å². The summed E-state index contributed by atoms with van der Waals surface area (Å²) in [6, 6.07) is 3.93. The van der Waals surface area contributed by atoms with Gasteiger partial charge >= 0.3 is 12.2 Å². The molecule has 0 saturated carbocycles. The van der Waals surface area contributed by atoms with E-state index >= 15 is 4.39 Å². The van der Waals surface area contributed by atoms with Gasteiger partial charge in [0.1, 0.15) is 35.6 Å². The summed E-state index contributed by atoms with van der Waals surface area (Å²) in [6.45, 7) is -1.45. The summed E-state index contributed by atoms with van der Waals surface area (Å²) < 4.78 is 112. The fourth-order valence-electron chi connectivity index (χ4n) is 7.69. The van der Waals surface area contributed by atoms with Gasteiger partial charge < -0.3 is 20.1 Å². The lowest BCUT2D eigenvalue weighted by molar-refractivity contribution is -0.142. The number of hydrogen-bond acceptors (Lipinski definition) is 8. The first-order valence-electron chi connectivity index (χ1n) is 16.4. The van der Waals surface area contributed by atoms with Crippen LogP contribution in [0.1, 0.15) is 40.5 Å². The molecule has 0 aliphatic carbocycles. The summed E-state index contributed by atoms with van der Waals surface area (Å²) in [4.78, 5) is 26.3. The number of benzene rings is 2. The van der Waals surface area contributed by atoms with E-state index in [1.165, 1.54) is 4.90 Å². The van der Waals surface area contributed by atoms with Crippen LogP contribution in [0.4, 0.5) is 32.2 Å². The molecule has 15 heteroatoms. The molecule has 0 amide bonds. The number of ether oxygens (including phenoxy) is 1. The zero-order valence-corrected chi connectivity index (χ0v) is 24.8. The van der Waals surface area contributed by atoms with E-state index in [0.717, 1.165) is 37.1 Å². The van der Waals surface area contributed by atoms with E-state index in [1.54, 1.807) is 4.90 Å². The number of anilines is 1. The molecule has 4 aliphatic heterocycles. The first-order valence-corrected chi connectivity index (χ1v) is 15.4. The lowest BCUT2D eigenvalue weighted by Crippen LogP contribution is -2.51. The number of hydrogen-bond donors (Lipinski definition) is 2. The van der Waals surface area contributed by atoms with Gasteiger partial charge in [0.25, 0.3) is 5.56 Å². The molecule has 6 heterocycles. The number of nitrogens with zero attached hydrogens (tertiary/aromatic N) is 5. The van der Waals surface area contributed by atoms with E-state index in [4.69, 9.17) is 7.48 Å². The zero-order chi connectivity index (χ0) is 34.6. The SMILES string of the molecule is [2H]C1([2H])CC[C@@]2(COc3nc(N4C[C@H]5CC[C@@H](C4)N5)c4cc(C(F)(F)F)n(-c5cc(O)cc6ccc(F)c(F)c56)c(=O)c4n3)C[C@@H](F)CN12. The molecule has 8 rings (SSSR count). The Hall–Kier alpha value is -4.11. The minimum absolute atomic E-state index is 0.00274. The largest absolute Gasteiger partial charge is 0.508 e. The van der Waals surface area contributed by atoms with Crippen LogP contribution in [0.5, 0.6) is 11.8 Å². The van der Waals surface area contributed by atoms with E-state index in [-0.39, 0.29) is 71.7 Å². The van der Waals surface area contributed by atoms with Gasteiger partial charge in [0.05, 0.1) is 16.6 Å². The van der Waals surface area contributed by atoms with Gasteiger partial charge in [-0.2, -0.15) is 23.1 Å². The minimum Gasteiger partial charge on any atom is -0.508 e. The fourth-order valence-corrected chi connectivity index (χ4v) is 7.69. The third kappa shape index (κ3) is 4.96. The highest BCUT2D eigenvalue weighted by atomic mass is 19.4. The lowest BCUT2D eigenvalue weighted by Gasteiger charge is -2.34. The van der Waals surface area contributed by atoms with Crippen LogP contribution in [0.15, 0.2) is 35.1 Å². The Labute approximate surface area is 266 Å². The van der Waals surface area contributed by atoms with Crippen LogP contribution < -0.4 is 20.5 Å². The quantitative estimate of drug-likeness (QED) is 0.294. The van der Waals surface area contributed by atoms with Crippen molar-refractivity contribution < 1.29 is 38.9 Å². The normalized spacial score (nSPS) is 27.8. The number of pyridine rings is 1. The van der Waals surface area contributed by atoms with Crippen LogP contribution >= 0.6 is 0 Å². The van der Waals surface area contributed by atoms with Gasteiger partial charge in [-0.25, -0.2) is 13.2 Å². The van der Waals surface area contributed by atoms with Gasteiger partial charge in [-0.1, -0.05) is 6.07 Å². The number of aromatic nitrogens is 3. The molecule has 2 bridgehead atoms. The Morgan fingerprint density at radius 2 is 1.87 bits per heavy atom. The molecule has 2 aromatic heterocycles. The van der Waals surface area contributed by atoms with Crippen LogP contribution in [-0.2, 0) is 6.18 Å². The number of phenolic OH excluding ortho intramolecular Hbond substituents is 1. The Morgan fingerprint density at radius 3 is 2.62 bits per heavy atom. The number of fused-ring (bicyclic) bond motifs is 5. The molecule has 0 radical (unpaired) electrons. The summed E-state index contributed by atoms with van der Waals surface area (Å²) >= 11 is 0. The smallest absolute Gasteiger partial charge is 0.431 e. The van der Waals surface area contributed by atoms with Crippen LogP contribution in [0.25, 0.3) is 27.4 Å². The second-order valence-electron chi connectivity index (χ2n) is 12.8. The van der Waals surface area contributed by atoms with Crippen LogP contribution in [0.3, 0.4) is 0 Å². The zero-order valence-electron chi connectivity index (χ0n) is 26.8. The number of halogens is 6. The number of phenols is 1. The van der Waals surface area contributed by atoms with E-state index in [2.05, 4.69) is 15.3 Å². The van der Waals surface area contributed by atoms with Crippen LogP contribution in [0, 0.1) is 11.6 Å². The second-order valence-corrected chi connectivity index (χ2v) is 12.8. The molecule has 0 unspecified atom stereocenters. The van der Waals surface area contributed by atoms with Crippen molar-refractivity contribution in [3.05, 3.63) is 58.0 Å². The predicted octanol–water partition coefficient (Wildman–Crippen LogP) is 4.83. The minimum atomic E-state index is -5.20. The molecular formula is C32H30F6N6O3. The molecule has 4 aromatic rings. The average molecular weight is 663 g/mol. The Bertz CT molecular complexity index is 2070. The Balaban J connectivity index is 1.34. The molecule has 4 fully saturated rings. The van der Waals surface area contributed by atoms with Gasteiger partial charge in [0, 0.05) is 52.3 Å². The summed E-state index contributed by atoms with van der Waals surface area (Å²) in [5, 5.41) is 12.8. The molecule has 4 atom stereocenters. The summed E-state index contributed by atoms with van der Waals surface area (Å²) in [5.74, 6) is -3.49. The van der Waals surface area contributed by atoms with Crippen molar-refractivity contribution in [3.8, 4) is 17.4 Å². The van der Waals surface area contributed by atoms with E-state index in [1.807, 2.05) is 0 Å². The van der Waals surface area contributed by atoms with Crippen molar-refractivity contribution in [1.82, 2.24) is 24.8 Å². The fraction of sp³-hybridized carbons (Fsp3) is 0.469. The number of aromatic hydroxyl groups is 1. The number of rotatable bonds is 5. The third-order valence-electron chi connectivity index (χ3n) is 9.77. The second kappa shape index (κ2) is 10.7. The van der Waals surface area contributed by atoms with Crippen molar-refractivity contribution in [2.75, 3.05) is 37.6 Å². The maximum atomic E-state index is 15.3. The van der Waals surface area contributed by atoms with Gasteiger partial charge in [-0.3, -0.25) is 14.3 Å². The molecule has 47 heavy (non-hydrogen) atoms. The lowest BCUT2D eigenvalue weighted by atomic mass is 9.95. The average Bonchev–Trinajstić information content (AvgIpc) is 3.65. The van der Waals surface area contributed by atoms with Gasteiger partial charge in [0.2, 0.25) is 0 Å². The number of alkyl halides is 4. The molecule has 2 aromatic carbocycles. The highest BCUT2D eigenvalue weighted by molar-refractivity contribution is 5.94. The summed E-state index contributed by atoms with van der Waals surface area (Å²) in [7, 11) is 0. The summed E-state index contributed by atoms with van der Waals surface area (Å²) in [6.07, 6.45) is -4.45. The molecule has 4 aliphatic rings.